The van der Waals surface area contributed by atoms with E-state index in [-0.39, 0.29) is 5.57 Å². The van der Waals surface area contributed by atoms with Gasteiger partial charge in [-0.1, -0.05) is 29.3 Å². The Morgan fingerprint density at radius 3 is 2.64 bits per heavy atom. The fourth-order valence-electron chi connectivity index (χ4n) is 1.99. The number of carbonyl (C=O) groups excluding carboxylic acids is 1. The van der Waals surface area contributed by atoms with Crippen LogP contribution in [0.25, 0.3) is 0 Å². The minimum Gasteiger partial charge on any atom is -0.495 e. The molecule has 0 fully saturated rings. The number of ether oxygens (including phenoxy) is 1. The number of methoxy groups -OCH3 is 1. The molecule has 0 aromatic heterocycles. The normalized spacial score (nSPS) is 10.8. The van der Waals surface area contributed by atoms with Crippen LogP contribution in [0, 0.1) is 18.3 Å². The molecule has 0 radical (unpaired) electrons. The van der Waals surface area contributed by atoms with Gasteiger partial charge in [0.2, 0.25) is 0 Å². The number of amides is 1. The maximum absolute atomic E-state index is 12.3. The molecule has 25 heavy (non-hydrogen) atoms. The summed E-state index contributed by atoms with van der Waals surface area (Å²) in [5.74, 6) is -0.00847. The van der Waals surface area contributed by atoms with E-state index in [2.05, 4.69) is 10.6 Å². The van der Waals surface area contributed by atoms with Crippen LogP contribution in [0.15, 0.2) is 48.2 Å². The van der Waals surface area contributed by atoms with Crippen molar-refractivity contribution in [1.82, 2.24) is 0 Å². The third-order valence-corrected chi connectivity index (χ3v) is 4.12. The number of hydrogen-bond donors (Lipinski definition) is 2. The van der Waals surface area contributed by atoms with Crippen molar-refractivity contribution in [2.45, 2.75) is 6.92 Å². The first kappa shape index (κ1) is 18.7. The summed E-state index contributed by atoms with van der Waals surface area (Å²) < 4.78 is 5.07. The van der Waals surface area contributed by atoms with Gasteiger partial charge in [-0.05, 0) is 42.8 Å². The lowest BCUT2D eigenvalue weighted by atomic mass is 10.2. The van der Waals surface area contributed by atoms with Crippen molar-refractivity contribution in [1.29, 1.82) is 5.26 Å². The second-order valence-electron chi connectivity index (χ2n) is 5.03. The van der Waals surface area contributed by atoms with Gasteiger partial charge in [-0.25, -0.2) is 0 Å². The predicted octanol–water partition coefficient (Wildman–Crippen LogP) is 4.77. The molecule has 7 heteroatoms. The number of rotatable bonds is 5. The SMILES string of the molecule is COc1ccc(N/C=C(/C#N)C(=O)Nc2cccc(Cl)c2C)cc1Cl. The summed E-state index contributed by atoms with van der Waals surface area (Å²) in [6, 6.07) is 12.0. The number of halogens is 2. The minimum atomic E-state index is -0.542. The van der Waals surface area contributed by atoms with Crippen LogP contribution >= 0.6 is 23.2 Å². The van der Waals surface area contributed by atoms with E-state index >= 15 is 0 Å². The highest BCUT2D eigenvalue weighted by atomic mass is 35.5. The summed E-state index contributed by atoms with van der Waals surface area (Å²) in [5, 5.41) is 15.7. The largest absolute Gasteiger partial charge is 0.495 e. The molecule has 0 saturated carbocycles. The molecule has 0 aliphatic carbocycles. The van der Waals surface area contributed by atoms with Crippen molar-refractivity contribution < 1.29 is 9.53 Å². The molecule has 1 amide bonds. The molecule has 0 bridgehead atoms. The molecule has 5 nitrogen and oxygen atoms in total. The second kappa shape index (κ2) is 8.43. The third kappa shape index (κ3) is 4.66. The first-order valence-electron chi connectivity index (χ1n) is 7.23. The quantitative estimate of drug-likeness (QED) is 0.582. The Bertz CT molecular complexity index is 873. The molecule has 0 saturated heterocycles. The van der Waals surface area contributed by atoms with Crippen LogP contribution in [0.5, 0.6) is 5.75 Å². The zero-order valence-corrected chi connectivity index (χ0v) is 15.1. The first-order chi connectivity index (χ1) is 12.0. The van der Waals surface area contributed by atoms with Gasteiger partial charge < -0.3 is 15.4 Å². The van der Waals surface area contributed by atoms with E-state index in [1.165, 1.54) is 13.3 Å². The van der Waals surface area contributed by atoms with Crippen molar-refractivity contribution in [2.75, 3.05) is 17.7 Å². The molecule has 2 aromatic carbocycles. The van der Waals surface area contributed by atoms with Crippen LogP contribution in [-0.2, 0) is 4.79 Å². The monoisotopic (exact) mass is 375 g/mol. The molecule has 2 rings (SSSR count). The molecular weight excluding hydrogens is 361 g/mol. The molecular formula is C18H15Cl2N3O2. The van der Waals surface area contributed by atoms with E-state index in [1.54, 1.807) is 43.3 Å². The molecule has 128 valence electrons. The molecule has 0 atom stereocenters. The lowest BCUT2D eigenvalue weighted by molar-refractivity contribution is -0.112. The first-order valence-corrected chi connectivity index (χ1v) is 7.98. The number of hydrogen-bond acceptors (Lipinski definition) is 4. The van der Waals surface area contributed by atoms with Crippen molar-refractivity contribution in [2.24, 2.45) is 0 Å². The summed E-state index contributed by atoms with van der Waals surface area (Å²) in [4.78, 5) is 12.3. The number of benzene rings is 2. The zero-order valence-electron chi connectivity index (χ0n) is 13.6. The number of carbonyl (C=O) groups is 1. The topological polar surface area (TPSA) is 74.1 Å². The van der Waals surface area contributed by atoms with Gasteiger partial charge in [-0.15, -0.1) is 0 Å². The van der Waals surface area contributed by atoms with Crippen molar-refractivity contribution >= 4 is 40.5 Å². The highest BCUT2D eigenvalue weighted by Gasteiger charge is 2.12. The lowest BCUT2D eigenvalue weighted by Crippen LogP contribution is -2.15. The maximum atomic E-state index is 12.3. The Hall–Kier alpha value is -2.68. The Kier molecular flexibility index (Phi) is 6.29. The maximum Gasteiger partial charge on any atom is 0.267 e. The molecule has 2 aromatic rings. The lowest BCUT2D eigenvalue weighted by Gasteiger charge is -2.09. The van der Waals surface area contributed by atoms with E-state index in [0.717, 1.165) is 5.56 Å². The molecule has 0 heterocycles. The van der Waals surface area contributed by atoms with Crippen LogP contribution in [-0.4, -0.2) is 13.0 Å². The number of anilines is 2. The van der Waals surface area contributed by atoms with Crippen molar-refractivity contribution in [3.8, 4) is 11.8 Å². The van der Waals surface area contributed by atoms with Crippen LogP contribution in [0.1, 0.15) is 5.56 Å². The summed E-state index contributed by atoms with van der Waals surface area (Å²) in [5.41, 5.74) is 1.80. The molecule has 0 aliphatic rings. The fraction of sp³-hybridized carbons (Fsp3) is 0.111. The van der Waals surface area contributed by atoms with Crippen LogP contribution in [0.2, 0.25) is 10.0 Å². The van der Waals surface area contributed by atoms with Gasteiger partial charge in [0.1, 0.15) is 17.4 Å². The number of nitrogens with zero attached hydrogens (tertiary/aromatic N) is 1. The van der Waals surface area contributed by atoms with E-state index in [1.807, 2.05) is 6.07 Å². The second-order valence-corrected chi connectivity index (χ2v) is 5.84. The summed E-state index contributed by atoms with van der Waals surface area (Å²) in [6.45, 7) is 1.78. The molecule has 0 unspecified atom stereocenters. The fourth-order valence-corrected chi connectivity index (χ4v) is 2.43. The van der Waals surface area contributed by atoms with Crippen LogP contribution in [0.4, 0.5) is 11.4 Å². The van der Waals surface area contributed by atoms with Gasteiger partial charge in [0, 0.05) is 22.6 Å². The van der Waals surface area contributed by atoms with Gasteiger partial charge >= 0.3 is 0 Å². The Balaban J connectivity index is 2.14. The molecule has 2 N–H and O–H groups in total. The van der Waals surface area contributed by atoms with Crippen molar-refractivity contribution in [3.05, 3.63) is 63.8 Å². The number of nitriles is 1. The molecule has 0 spiro atoms. The number of nitrogens with one attached hydrogen (secondary N) is 2. The van der Waals surface area contributed by atoms with E-state index < -0.39 is 5.91 Å². The average molecular weight is 376 g/mol. The van der Waals surface area contributed by atoms with Gasteiger partial charge in [-0.3, -0.25) is 4.79 Å². The van der Waals surface area contributed by atoms with Gasteiger partial charge in [0.05, 0.1) is 12.1 Å². The Labute approximate surface area is 155 Å². The molecule has 0 aliphatic heterocycles. The highest BCUT2D eigenvalue weighted by Crippen LogP contribution is 2.27. The Morgan fingerprint density at radius 2 is 2.00 bits per heavy atom. The van der Waals surface area contributed by atoms with Gasteiger partial charge in [0.15, 0.2) is 0 Å². The zero-order chi connectivity index (χ0) is 18.4. The standard InChI is InChI=1S/C18H15Cl2N3O2/c1-11-14(19)4-3-5-16(11)23-18(24)12(9-21)10-22-13-6-7-17(25-2)15(20)8-13/h3-8,10,22H,1-2H3,(H,23,24)/b12-10-. The summed E-state index contributed by atoms with van der Waals surface area (Å²) in [7, 11) is 1.52. The minimum absolute atomic E-state index is 0.0914. The van der Waals surface area contributed by atoms with E-state index in [4.69, 9.17) is 27.9 Å². The van der Waals surface area contributed by atoms with Crippen LogP contribution < -0.4 is 15.4 Å². The summed E-state index contributed by atoms with van der Waals surface area (Å²) in [6.07, 6.45) is 1.31. The summed E-state index contributed by atoms with van der Waals surface area (Å²) >= 11 is 12.1. The smallest absolute Gasteiger partial charge is 0.267 e. The van der Waals surface area contributed by atoms with Crippen LogP contribution in [0.3, 0.4) is 0 Å². The average Bonchev–Trinajstić information content (AvgIpc) is 2.59. The van der Waals surface area contributed by atoms with E-state index in [9.17, 15) is 10.1 Å². The van der Waals surface area contributed by atoms with Crippen molar-refractivity contribution in [3.63, 3.8) is 0 Å². The van der Waals surface area contributed by atoms with E-state index in [0.29, 0.717) is 27.2 Å². The predicted molar refractivity (Wildman–Crippen MR) is 100 cm³/mol. The Morgan fingerprint density at radius 1 is 1.24 bits per heavy atom. The van der Waals surface area contributed by atoms with Gasteiger partial charge in [-0.2, -0.15) is 5.26 Å². The van der Waals surface area contributed by atoms with Gasteiger partial charge in [0.25, 0.3) is 5.91 Å². The highest BCUT2D eigenvalue weighted by molar-refractivity contribution is 6.32. The third-order valence-electron chi connectivity index (χ3n) is 3.42.